The molecule has 0 saturated carbocycles. The van der Waals surface area contributed by atoms with Crippen molar-refractivity contribution < 1.29 is 19.2 Å². The van der Waals surface area contributed by atoms with Crippen molar-refractivity contribution in [3.8, 4) is 0 Å². The van der Waals surface area contributed by atoms with Gasteiger partial charge in [-0.05, 0) is 61.0 Å². The summed E-state index contributed by atoms with van der Waals surface area (Å²) < 4.78 is 4.63. The van der Waals surface area contributed by atoms with Crippen LogP contribution in [0.1, 0.15) is 33.2 Å². The summed E-state index contributed by atoms with van der Waals surface area (Å²) >= 11 is 0. The number of nitrogens with one attached hydrogen (secondary N) is 2. The first-order chi connectivity index (χ1) is 15.3. The van der Waals surface area contributed by atoms with Crippen LogP contribution in [-0.4, -0.2) is 28.9 Å². The molecular formula is C23H20N4O5. The number of nitro groups is 1. The number of pyridine rings is 1. The zero-order valence-corrected chi connectivity index (χ0v) is 17.4. The lowest BCUT2D eigenvalue weighted by Crippen LogP contribution is -2.13. The van der Waals surface area contributed by atoms with E-state index in [9.17, 15) is 19.7 Å². The molecule has 1 amide bonds. The molecule has 0 radical (unpaired) electrons. The number of rotatable bonds is 7. The summed E-state index contributed by atoms with van der Waals surface area (Å²) in [6, 6.07) is 13.9. The maximum atomic E-state index is 12.4. The van der Waals surface area contributed by atoms with Crippen LogP contribution in [0.3, 0.4) is 0 Å². The van der Waals surface area contributed by atoms with Crippen LogP contribution in [-0.2, 0) is 4.74 Å². The Balaban J connectivity index is 1.72. The Bertz CT molecular complexity index is 1190. The number of carbonyl (C=O) groups is 2. The Labute approximate surface area is 183 Å². The van der Waals surface area contributed by atoms with Crippen LogP contribution in [0.5, 0.6) is 0 Å². The number of methoxy groups -OCH3 is 1. The van der Waals surface area contributed by atoms with Gasteiger partial charge >= 0.3 is 5.97 Å². The minimum absolute atomic E-state index is 0.0808. The van der Waals surface area contributed by atoms with Gasteiger partial charge in [0, 0.05) is 11.6 Å². The minimum Gasteiger partial charge on any atom is -0.465 e. The van der Waals surface area contributed by atoms with E-state index in [1.54, 1.807) is 24.3 Å². The smallest absolute Gasteiger partial charge is 0.337 e. The predicted octanol–water partition coefficient (Wildman–Crippen LogP) is 4.81. The van der Waals surface area contributed by atoms with Gasteiger partial charge in [0.1, 0.15) is 11.5 Å². The Morgan fingerprint density at radius 1 is 1.03 bits per heavy atom. The van der Waals surface area contributed by atoms with E-state index in [0.717, 1.165) is 11.1 Å². The second-order valence-corrected chi connectivity index (χ2v) is 6.85. The van der Waals surface area contributed by atoms with E-state index in [0.29, 0.717) is 28.3 Å². The largest absolute Gasteiger partial charge is 0.465 e. The SMILES string of the molecule is C=C(C)c1ccc([N+](=O)[O-])c(Nc2ccc(NC(=O)c3ccc(C(=O)OC)cc3)nc2)c1. The van der Waals surface area contributed by atoms with E-state index in [1.165, 1.54) is 43.6 Å². The lowest BCUT2D eigenvalue weighted by Gasteiger charge is -2.10. The maximum absolute atomic E-state index is 12.4. The number of benzene rings is 2. The third-order valence-corrected chi connectivity index (χ3v) is 4.54. The summed E-state index contributed by atoms with van der Waals surface area (Å²) in [4.78, 5) is 38.9. The monoisotopic (exact) mass is 432 g/mol. The van der Waals surface area contributed by atoms with Crippen LogP contribution in [0.2, 0.25) is 0 Å². The second kappa shape index (κ2) is 9.52. The Kier molecular flexibility index (Phi) is 6.59. The van der Waals surface area contributed by atoms with Gasteiger partial charge in [-0.15, -0.1) is 0 Å². The standard InChI is InChI=1S/C23H20N4O5/c1-14(2)17-8-10-20(27(30)31)19(12-17)25-18-9-11-21(24-13-18)26-22(28)15-4-6-16(7-5-15)23(29)32-3/h4-13,25H,1H2,2-3H3,(H,24,26,28). The number of amides is 1. The third-order valence-electron chi connectivity index (χ3n) is 4.54. The number of esters is 1. The summed E-state index contributed by atoms with van der Waals surface area (Å²) in [7, 11) is 1.28. The molecule has 0 spiro atoms. The van der Waals surface area contributed by atoms with Crippen LogP contribution < -0.4 is 10.6 Å². The molecule has 3 aromatic rings. The van der Waals surface area contributed by atoms with Crippen LogP contribution in [0.25, 0.3) is 5.57 Å². The number of hydrogen-bond acceptors (Lipinski definition) is 7. The molecule has 0 aliphatic rings. The molecule has 0 saturated heterocycles. The number of anilines is 3. The van der Waals surface area contributed by atoms with E-state index < -0.39 is 16.8 Å². The highest BCUT2D eigenvalue weighted by atomic mass is 16.6. The van der Waals surface area contributed by atoms with Gasteiger partial charge in [-0.2, -0.15) is 0 Å². The van der Waals surface area contributed by atoms with Crippen molar-refractivity contribution in [2.45, 2.75) is 6.92 Å². The van der Waals surface area contributed by atoms with Crippen LogP contribution >= 0.6 is 0 Å². The number of nitrogens with zero attached hydrogens (tertiary/aromatic N) is 2. The first-order valence-corrected chi connectivity index (χ1v) is 9.45. The van der Waals surface area contributed by atoms with Gasteiger partial charge in [0.15, 0.2) is 0 Å². The molecule has 3 rings (SSSR count). The first-order valence-electron chi connectivity index (χ1n) is 9.45. The molecule has 0 fully saturated rings. The van der Waals surface area contributed by atoms with Gasteiger partial charge in [0.2, 0.25) is 0 Å². The van der Waals surface area contributed by atoms with Gasteiger partial charge in [0.25, 0.3) is 11.6 Å². The fraction of sp³-hybridized carbons (Fsp3) is 0.0870. The third kappa shape index (κ3) is 5.14. The van der Waals surface area contributed by atoms with Gasteiger partial charge in [0.05, 0.1) is 29.5 Å². The van der Waals surface area contributed by atoms with Crippen molar-refractivity contribution in [3.63, 3.8) is 0 Å². The number of nitro benzene ring substituents is 1. The van der Waals surface area contributed by atoms with E-state index in [1.807, 2.05) is 6.92 Å². The minimum atomic E-state index is -0.490. The number of aromatic nitrogens is 1. The molecule has 9 heteroatoms. The second-order valence-electron chi connectivity index (χ2n) is 6.85. The van der Waals surface area contributed by atoms with Crippen molar-refractivity contribution in [2.24, 2.45) is 0 Å². The zero-order valence-electron chi connectivity index (χ0n) is 17.4. The van der Waals surface area contributed by atoms with Crippen molar-refractivity contribution in [3.05, 3.63) is 94.2 Å². The van der Waals surface area contributed by atoms with Crippen molar-refractivity contribution >= 4 is 40.3 Å². The summed E-state index contributed by atoms with van der Waals surface area (Å²) in [5.41, 5.74) is 2.96. The molecule has 2 N–H and O–H groups in total. The zero-order chi connectivity index (χ0) is 23.3. The molecule has 1 heterocycles. The van der Waals surface area contributed by atoms with Crippen molar-refractivity contribution in [1.29, 1.82) is 0 Å². The molecule has 0 unspecified atom stereocenters. The molecule has 162 valence electrons. The van der Waals surface area contributed by atoms with E-state index in [-0.39, 0.29) is 5.69 Å². The highest BCUT2D eigenvalue weighted by molar-refractivity contribution is 6.04. The molecule has 2 aromatic carbocycles. The number of allylic oxidation sites excluding steroid dienone is 1. The van der Waals surface area contributed by atoms with E-state index >= 15 is 0 Å². The van der Waals surface area contributed by atoms with Gasteiger partial charge < -0.3 is 15.4 Å². The number of ether oxygens (including phenoxy) is 1. The number of hydrogen-bond donors (Lipinski definition) is 2. The Hall–Kier alpha value is -4.53. The van der Waals surface area contributed by atoms with E-state index in [2.05, 4.69) is 26.9 Å². The molecular weight excluding hydrogens is 412 g/mol. The highest BCUT2D eigenvalue weighted by Gasteiger charge is 2.15. The Morgan fingerprint density at radius 3 is 2.25 bits per heavy atom. The molecule has 1 aromatic heterocycles. The molecule has 32 heavy (non-hydrogen) atoms. The number of carbonyl (C=O) groups excluding carboxylic acids is 2. The Morgan fingerprint density at radius 2 is 1.69 bits per heavy atom. The summed E-state index contributed by atoms with van der Waals surface area (Å²) in [5, 5.41) is 17.0. The first kappa shape index (κ1) is 22.2. The lowest BCUT2D eigenvalue weighted by atomic mass is 10.1. The van der Waals surface area contributed by atoms with Crippen molar-refractivity contribution in [2.75, 3.05) is 17.7 Å². The van der Waals surface area contributed by atoms with Crippen LogP contribution in [0, 0.1) is 10.1 Å². The molecule has 0 aliphatic heterocycles. The molecule has 0 bridgehead atoms. The normalized spacial score (nSPS) is 10.2. The highest BCUT2D eigenvalue weighted by Crippen LogP contribution is 2.30. The lowest BCUT2D eigenvalue weighted by molar-refractivity contribution is -0.383. The van der Waals surface area contributed by atoms with Gasteiger partial charge in [-0.3, -0.25) is 14.9 Å². The maximum Gasteiger partial charge on any atom is 0.337 e. The predicted molar refractivity (Wildman–Crippen MR) is 121 cm³/mol. The molecule has 0 aliphatic carbocycles. The van der Waals surface area contributed by atoms with E-state index in [4.69, 9.17) is 0 Å². The van der Waals surface area contributed by atoms with Crippen LogP contribution in [0.15, 0.2) is 67.4 Å². The summed E-state index contributed by atoms with van der Waals surface area (Å²) in [5.74, 6) is -0.599. The summed E-state index contributed by atoms with van der Waals surface area (Å²) in [6.07, 6.45) is 1.45. The molecule has 0 atom stereocenters. The average Bonchev–Trinajstić information content (AvgIpc) is 2.79. The summed E-state index contributed by atoms with van der Waals surface area (Å²) in [6.45, 7) is 5.67. The van der Waals surface area contributed by atoms with Crippen molar-refractivity contribution in [1.82, 2.24) is 4.98 Å². The average molecular weight is 432 g/mol. The fourth-order valence-electron chi connectivity index (χ4n) is 2.82. The fourth-order valence-corrected chi connectivity index (χ4v) is 2.82. The molecule has 9 nitrogen and oxygen atoms in total. The topological polar surface area (TPSA) is 123 Å². The van der Waals surface area contributed by atoms with Crippen LogP contribution in [0.4, 0.5) is 22.9 Å². The quantitative estimate of drug-likeness (QED) is 0.312. The van der Waals surface area contributed by atoms with Gasteiger partial charge in [-0.25, -0.2) is 9.78 Å². The van der Waals surface area contributed by atoms with Gasteiger partial charge in [-0.1, -0.05) is 12.2 Å².